The van der Waals surface area contributed by atoms with Crippen molar-refractivity contribution in [3.8, 4) is 5.75 Å². The molecule has 0 radical (unpaired) electrons. The number of piperazine rings is 1. The van der Waals surface area contributed by atoms with Crippen LogP contribution in [-0.4, -0.2) is 90.0 Å². The van der Waals surface area contributed by atoms with Crippen molar-refractivity contribution in [1.82, 2.24) is 24.4 Å². The number of ether oxygens (including phenoxy) is 1. The van der Waals surface area contributed by atoms with E-state index in [0.717, 1.165) is 25.9 Å². The maximum Gasteiger partial charge on any atom is 0.253 e. The summed E-state index contributed by atoms with van der Waals surface area (Å²) in [5.74, 6) is -2.31. The molecule has 0 spiro atoms. The summed E-state index contributed by atoms with van der Waals surface area (Å²) in [6.45, 7) is 3.66. The molecule has 2 aromatic rings. The van der Waals surface area contributed by atoms with Crippen LogP contribution in [0.3, 0.4) is 0 Å². The minimum atomic E-state index is -1.11. The van der Waals surface area contributed by atoms with Crippen LogP contribution < -0.4 is 10.1 Å². The first-order valence-corrected chi connectivity index (χ1v) is 14.0. The van der Waals surface area contributed by atoms with Gasteiger partial charge in [0.1, 0.15) is 0 Å². The molecule has 40 heavy (non-hydrogen) atoms. The van der Waals surface area contributed by atoms with Crippen molar-refractivity contribution in [2.75, 3.05) is 53.4 Å². The first-order chi connectivity index (χ1) is 19.2. The highest BCUT2D eigenvalue weighted by Gasteiger charge is 2.38. The average molecular weight is 594 g/mol. The van der Waals surface area contributed by atoms with Crippen molar-refractivity contribution < 1.29 is 23.1 Å². The molecule has 8 nitrogen and oxygen atoms in total. The third kappa shape index (κ3) is 5.20. The standard InChI is InChI=1S/C28H31Cl2F2N5O3/c1-34-25(20-7-8-21(40-2)23(32)22(20)31)24(37(30)28(34)29)17-3-5-18(6-4-17)26(38)35-13-15-36(16-14-35)27(39)19-9-11-33-12-10-19/h3-8,19,28,33H,9-16H2,1-2H3. The van der Waals surface area contributed by atoms with E-state index in [9.17, 15) is 14.0 Å². The van der Waals surface area contributed by atoms with Gasteiger partial charge in [0.25, 0.3) is 5.91 Å². The highest BCUT2D eigenvalue weighted by molar-refractivity contribution is 6.29. The van der Waals surface area contributed by atoms with Crippen molar-refractivity contribution in [2.45, 2.75) is 18.5 Å². The molecule has 2 saturated heterocycles. The van der Waals surface area contributed by atoms with Crippen LogP contribution in [0.15, 0.2) is 36.4 Å². The topological polar surface area (TPSA) is 68.4 Å². The number of benzene rings is 2. The molecule has 2 amide bonds. The Morgan fingerprint density at radius 1 is 0.925 bits per heavy atom. The van der Waals surface area contributed by atoms with Crippen LogP contribution in [0.1, 0.15) is 34.3 Å². The van der Waals surface area contributed by atoms with E-state index >= 15 is 4.39 Å². The van der Waals surface area contributed by atoms with Crippen LogP contribution in [0.4, 0.5) is 8.78 Å². The van der Waals surface area contributed by atoms with E-state index in [4.69, 9.17) is 28.1 Å². The molecule has 5 rings (SSSR count). The van der Waals surface area contributed by atoms with Crippen LogP contribution in [0.5, 0.6) is 5.75 Å². The van der Waals surface area contributed by atoms with Crippen LogP contribution in [0, 0.1) is 17.6 Å². The Balaban J connectivity index is 1.34. The molecule has 2 fully saturated rings. The fraction of sp³-hybridized carbons (Fsp3) is 0.429. The van der Waals surface area contributed by atoms with E-state index in [0.29, 0.717) is 48.7 Å². The van der Waals surface area contributed by atoms with Crippen molar-refractivity contribution >= 4 is 46.6 Å². The molecule has 12 heteroatoms. The Labute approximate surface area is 242 Å². The number of nitrogens with one attached hydrogen (secondary N) is 1. The molecule has 0 saturated carbocycles. The minimum Gasteiger partial charge on any atom is -0.494 e. The third-order valence-electron chi connectivity index (χ3n) is 7.79. The fourth-order valence-corrected chi connectivity index (χ4v) is 6.00. The van der Waals surface area contributed by atoms with Gasteiger partial charge in [0.05, 0.1) is 18.5 Å². The quantitative estimate of drug-likeness (QED) is 0.321. The average Bonchev–Trinajstić information content (AvgIpc) is 3.22. The maximum absolute atomic E-state index is 15.1. The molecule has 214 valence electrons. The maximum atomic E-state index is 15.1. The van der Waals surface area contributed by atoms with Crippen molar-refractivity contribution in [2.24, 2.45) is 5.92 Å². The smallest absolute Gasteiger partial charge is 0.253 e. The summed E-state index contributed by atoms with van der Waals surface area (Å²) < 4.78 is 35.8. The van der Waals surface area contributed by atoms with E-state index < -0.39 is 17.3 Å². The SMILES string of the molecule is COc1ccc(C2=C(c3ccc(C(=O)N4CCN(C(=O)C5CCNCC5)CC4)cc3)N(Cl)C(Cl)N2C)c(F)c1F. The third-order valence-corrected chi connectivity index (χ3v) is 8.73. The van der Waals surface area contributed by atoms with Gasteiger partial charge in [0.15, 0.2) is 17.2 Å². The number of hydrogen-bond acceptors (Lipinski definition) is 6. The molecule has 0 aliphatic carbocycles. The lowest BCUT2D eigenvalue weighted by molar-refractivity contribution is -0.137. The number of halogens is 4. The second-order valence-corrected chi connectivity index (χ2v) is 10.8. The van der Waals surface area contributed by atoms with Crippen LogP contribution >= 0.6 is 23.4 Å². The lowest BCUT2D eigenvalue weighted by atomic mass is 9.96. The predicted octanol–water partition coefficient (Wildman–Crippen LogP) is 4.01. The van der Waals surface area contributed by atoms with Gasteiger partial charge in [0.2, 0.25) is 11.7 Å². The molecule has 1 N–H and O–H groups in total. The Bertz CT molecular complexity index is 1310. The Morgan fingerprint density at radius 3 is 2.17 bits per heavy atom. The molecule has 0 bridgehead atoms. The molecule has 3 aliphatic heterocycles. The molecule has 0 aromatic heterocycles. The number of methoxy groups -OCH3 is 1. The van der Waals surface area contributed by atoms with Gasteiger partial charge >= 0.3 is 0 Å². The molecule has 3 aliphatic rings. The van der Waals surface area contributed by atoms with Gasteiger partial charge < -0.3 is 24.8 Å². The molecule has 1 unspecified atom stereocenters. The van der Waals surface area contributed by atoms with Crippen molar-refractivity contribution in [1.29, 1.82) is 0 Å². The zero-order valence-corrected chi connectivity index (χ0v) is 23.8. The van der Waals surface area contributed by atoms with Gasteiger partial charge in [-0.05, 0) is 50.2 Å². The van der Waals surface area contributed by atoms with Crippen LogP contribution in [0.2, 0.25) is 0 Å². The van der Waals surface area contributed by atoms with Crippen molar-refractivity contribution in [3.63, 3.8) is 0 Å². The molecular formula is C28H31Cl2F2N5O3. The normalized spacial score (nSPS) is 20.4. The summed E-state index contributed by atoms with van der Waals surface area (Å²) in [6, 6.07) is 9.51. The Hall–Kier alpha value is -3.08. The summed E-state index contributed by atoms with van der Waals surface area (Å²) in [7, 11) is 2.89. The van der Waals surface area contributed by atoms with E-state index in [1.54, 1.807) is 36.2 Å². The van der Waals surface area contributed by atoms with E-state index in [1.165, 1.54) is 28.6 Å². The molecule has 1 atom stereocenters. The first-order valence-electron chi connectivity index (χ1n) is 13.2. The lowest BCUT2D eigenvalue weighted by Crippen LogP contribution is -2.52. The minimum absolute atomic E-state index is 0.0262. The van der Waals surface area contributed by atoms with Gasteiger partial charge in [-0.3, -0.25) is 9.59 Å². The first kappa shape index (κ1) is 28.4. The number of piperidine rings is 1. The second kappa shape index (κ2) is 11.8. The lowest BCUT2D eigenvalue weighted by Gasteiger charge is -2.37. The Morgan fingerprint density at radius 2 is 1.55 bits per heavy atom. The highest BCUT2D eigenvalue weighted by Crippen LogP contribution is 2.44. The zero-order chi connectivity index (χ0) is 28.6. The second-order valence-electron chi connectivity index (χ2n) is 10.1. The summed E-state index contributed by atoms with van der Waals surface area (Å²) in [5.41, 5.74) is 0.826. The van der Waals surface area contributed by atoms with E-state index in [1.807, 2.05) is 4.90 Å². The number of amides is 2. The number of alkyl halides is 1. The summed E-state index contributed by atoms with van der Waals surface area (Å²) in [6.07, 6.45) is 1.70. The number of rotatable bonds is 5. The van der Waals surface area contributed by atoms with Gasteiger partial charge in [-0.1, -0.05) is 23.7 Å². The van der Waals surface area contributed by atoms with Crippen LogP contribution in [0.25, 0.3) is 11.4 Å². The summed E-state index contributed by atoms with van der Waals surface area (Å²) >= 11 is 13.0. The van der Waals surface area contributed by atoms with Gasteiger partial charge in [-0.15, -0.1) is 0 Å². The number of carbonyl (C=O) groups excluding carboxylic acids is 2. The van der Waals surface area contributed by atoms with E-state index in [2.05, 4.69) is 5.32 Å². The fourth-order valence-electron chi connectivity index (χ4n) is 5.49. The largest absolute Gasteiger partial charge is 0.494 e. The number of carbonyl (C=O) groups is 2. The summed E-state index contributed by atoms with van der Waals surface area (Å²) in [4.78, 5) is 31.2. The molecular weight excluding hydrogens is 563 g/mol. The molecule has 2 aromatic carbocycles. The van der Waals surface area contributed by atoms with Gasteiger partial charge in [-0.25, -0.2) is 8.81 Å². The zero-order valence-electron chi connectivity index (χ0n) is 22.3. The number of nitrogens with zero attached hydrogens (tertiary/aromatic N) is 4. The Kier molecular flexibility index (Phi) is 8.39. The van der Waals surface area contributed by atoms with Gasteiger partial charge in [0, 0.05) is 67.6 Å². The number of hydrogen-bond donors (Lipinski definition) is 1. The monoisotopic (exact) mass is 593 g/mol. The van der Waals surface area contributed by atoms with Gasteiger partial charge in [-0.2, -0.15) is 4.39 Å². The van der Waals surface area contributed by atoms with Crippen LogP contribution in [-0.2, 0) is 4.79 Å². The van der Waals surface area contributed by atoms with Crippen molar-refractivity contribution in [3.05, 3.63) is 64.7 Å². The predicted molar refractivity (Wildman–Crippen MR) is 149 cm³/mol. The highest BCUT2D eigenvalue weighted by atomic mass is 35.5. The summed E-state index contributed by atoms with van der Waals surface area (Å²) in [5, 5.41) is 3.28. The van der Waals surface area contributed by atoms with E-state index in [-0.39, 0.29) is 29.0 Å². The molecule has 3 heterocycles.